The highest BCUT2D eigenvalue weighted by Gasteiger charge is 2.13. The first kappa shape index (κ1) is 11.2. The van der Waals surface area contributed by atoms with Gasteiger partial charge < -0.3 is 10.0 Å². The molecule has 0 bridgehead atoms. The van der Waals surface area contributed by atoms with Gasteiger partial charge in [0.2, 0.25) is 0 Å². The van der Waals surface area contributed by atoms with Crippen molar-refractivity contribution in [2.45, 2.75) is 32.1 Å². The lowest BCUT2D eigenvalue weighted by atomic mass is 10.1. The van der Waals surface area contributed by atoms with E-state index in [0.717, 1.165) is 19.6 Å². The Kier molecular flexibility index (Phi) is 4.59. The van der Waals surface area contributed by atoms with E-state index in [1.165, 1.54) is 19.3 Å². The highest BCUT2D eigenvalue weighted by atomic mass is 16.4. The molecule has 0 aromatic heterocycles. The first-order chi connectivity index (χ1) is 6.68. The predicted molar refractivity (Wildman–Crippen MR) is 52.2 cm³/mol. The van der Waals surface area contributed by atoms with Gasteiger partial charge in [-0.2, -0.15) is 0 Å². The summed E-state index contributed by atoms with van der Waals surface area (Å²) in [6, 6.07) is 0. The van der Waals surface area contributed by atoms with E-state index in [-0.39, 0.29) is 12.2 Å². The molecule has 14 heavy (non-hydrogen) atoms. The smallest absolute Gasteiger partial charge is 0.310 e. The Morgan fingerprint density at radius 2 is 1.79 bits per heavy atom. The number of nitrogens with zero attached hydrogens (tertiary/aromatic N) is 1. The van der Waals surface area contributed by atoms with Gasteiger partial charge in [0.05, 0.1) is 0 Å². The van der Waals surface area contributed by atoms with Crippen molar-refractivity contribution in [3.05, 3.63) is 0 Å². The number of piperidine rings is 1. The van der Waals surface area contributed by atoms with Crippen LogP contribution < -0.4 is 0 Å². The number of carboxylic acid groups (broad SMARTS) is 1. The average Bonchev–Trinajstić information content (AvgIpc) is 2.15. The summed E-state index contributed by atoms with van der Waals surface area (Å²) in [6.45, 7) is 2.84. The van der Waals surface area contributed by atoms with Crippen LogP contribution in [0.1, 0.15) is 32.1 Å². The molecule has 1 fully saturated rings. The second-order valence-corrected chi connectivity index (χ2v) is 3.76. The van der Waals surface area contributed by atoms with E-state index >= 15 is 0 Å². The number of aliphatic carboxylic acids is 1. The lowest BCUT2D eigenvalue weighted by molar-refractivity contribution is -0.140. The van der Waals surface area contributed by atoms with Crippen molar-refractivity contribution in [2.24, 2.45) is 0 Å². The lowest BCUT2D eigenvalue weighted by Gasteiger charge is -2.25. The van der Waals surface area contributed by atoms with Gasteiger partial charge in [-0.3, -0.25) is 9.59 Å². The van der Waals surface area contributed by atoms with Gasteiger partial charge in [0, 0.05) is 13.0 Å². The minimum absolute atomic E-state index is 0.164. The molecular weight excluding hydrogens is 182 g/mol. The van der Waals surface area contributed by atoms with E-state index < -0.39 is 5.97 Å². The molecule has 0 radical (unpaired) electrons. The topological polar surface area (TPSA) is 57.6 Å². The molecule has 0 spiro atoms. The molecule has 1 heterocycles. The Morgan fingerprint density at radius 3 is 2.36 bits per heavy atom. The Balaban J connectivity index is 2.12. The number of carbonyl (C=O) groups excluding carboxylic acids is 1. The minimum Gasteiger partial charge on any atom is -0.481 e. The van der Waals surface area contributed by atoms with Crippen LogP contribution in [0.4, 0.5) is 0 Å². The van der Waals surface area contributed by atoms with E-state index in [2.05, 4.69) is 4.90 Å². The SMILES string of the molecule is O=C(O)CC(=O)CCN1CCCCC1. The van der Waals surface area contributed by atoms with E-state index in [9.17, 15) is 9.59 Å². The Hall–Kier alpha value is -0.900. The third kappa shape index (κ3) is 4.37. The van der Waals surface area contributed by atoms with Gasteiger partial charge in [-0.25, -0.2) is 0 Å². The molecule has 4 heteroatoms. The number of rotatable bonds is 5. The largest absolute Gasteiger partial charge is 0.481 e. The standard InChI is InChI=1S/C10H17NO3/c12-9(8-10(13)14)4-7-11-5-2-1-3-6-11/h1-8H2,(H,13,14). The van der Waals surface area contributed by atoms with Crippen LogP contribution in [-0.2, 0) is 9.59 Å². The Bertz CT molecular complexity index is 209. The van der Waals surface area contributed by atoms with E-state index in [1.807, 2.05) is 0 Å². The van der Waals surface area contributed by atoms with Crippen molar-refractivity contribution in [3.8, 4) is 0 Å². The number of hydrogen-bond donors (Lipinski definition) is 1. The van der Waals surface area contributed by atoms with Crippen molar-refractivity contribution < 1.29 is 14.7 Å². The number of hydrogen-bond acceptors (Lipinski definition) is 3. The summed E-state index contributed by atoms with van der Waals surface area (Å²) in [5.41, 5.74) is 0. The lowest BCUT2D eigenvalue weighted by Crippen LogP contribution is -2.31. The van der Waals surface area contributed by atoms with Gasteiger partial charge in [-0.15, -0.1) is 0 Å². The van der Waals surface area contributed by atoms with Crippen molar-refractivity contribution in [1.82, 2.24) is 4.90 Å². The number of likely N-dealkylation sites (tertiary alicyclic amines) is 1. The third-order valence-corrected chi connectivity index (χ3v) is 2.50. The molecule has 1 rings (SSSR count). The zero-order chi connectivity index (χ0) is 10.4. The van der Waals surface area contributed by atoms with Crippen LogP contribution in [0.3, 0.4) is 0 Å². The number of ketones is 1. The molecular formula is C10H17NO3. The quantitative estimate of drug-likeness (QED) is 0.668. The second kappa shape index (κ2) is 5.75. The maximum atomic E-state index is 11.1. The van der Waals surface area contributed by atoms with Gasteiger partial charge in [0.1, 0.15) is 12.2 Å². The summed E-state index contributed by atoms with van der Waals surface area (Å²) in [7, 11) is 0. The van der Waals surface area contributed by atoms with Crippen LogP contribution >= 0.6 is 0 Å². The van der Waals surface area contributed by atoms with Gasteiger partial charge in [0.15, 0.2) is 0 Å². The summed E-state index contributed by atoms with van der Waals surface area (Å²) in [5, 5.41) is 8.39. The second-order valence-electron chi connectivity index (χ2n) is 3.76. The normalized spacial score (nSPS) is 18.0. The maximum Gasteiger partial charge on any atom is 0.310 e. The fourth-order valence-electron chi connectivity index (χ4n) is 1.72. The fourth-order valence-corrected chi connectivity index (χ4v) is 1.72. The molecule has 0 aromatic carbocycles. The number of carbonyl (C=O) groups is 2. The summed E-state index contributed by atoms with van der Waals surface area (Å²) < 4.78 is 0. The predicted octanol–water partition coefficient (Wildman–Crippen LogP) is 0.906. The molecule has 0 atom stereocenters. The Morgan fingerprint density at radius 1 is 1.14 bits per heavy atom. The molecule has 0 amide bonds. The van der Waals surface area contributed by atoms with Crippen molar-refractivity contribution >= 4 is 11.8 Å². The van der Waals surface area contributed by atoms with E-state index in [0.29, 0.717) is 6.42 Å². The number of Topliss-reactive ketones (excluding diaryl/α,β-unsaturated/α-hetero) is 1. The molecule has 1 saturated heterocycles. The zero-order valence-electron chi connectivity index (χ0n) is 8.37. The minimum atomic E-state index is -1.02. The molecule has 1 aliphatic rings. The van der Waals surface area contributed by atoms with E-state index in [1.54, 1.807) is 0 Å². The van der Waals surface area contributed by atoms with Crippen LogP contribution in [-0.4, -0.2) is 41.4 Å². The molecule has 0 aliphatic carbocycles. The van der Waals surface area contributed by atoms with Crippen molar-refractivity contribution in [1.29, 1.82) is 0 Å². The molecule has 0 aromatic rings. The van der Waals surface area contributed by atoms with Crippen LogP contribution in [0.15, 0.2) is 0 Å². The fraction of sp³-hybridized carbons (Fsp3) is 0.800. The third-order valence-electron chi connectivity index (χ3n) is 2.50. The Labute approximate surface area is 83.9 Å². The van der Waals surface area contributed by atoms with Crippen LogP contribution in [0.2, 0.25) is 0 Å². The molecule has 0 unspecified atom stereocenters. The zero-order valence-corrected chi connectivity index (χ0v) is 8.37. The van der Waals surface area contributed by atoms with Gasteiger partial charge in [0.25, 0.3) is 0 Å². The summed E-state index contributed by atoms with van der Waals surface area (Å²) in [5.74, 6) is -1.18. The summed E-state index contributed by atoms with van der Waals surface area (Å²) in [6.07, 6.45) is 3.74. The molecule has 1 aliphatic heterocycles. The summed E-state index contributed by atoms with van der Waals surface area (Å²) in [4.78, 5) is 23.6. The van der Waals surface area contributed by atoms with Crippen LogP contribution in [0.5, 0.6) is 0 Å². The van der Waals surface area contributed by atoms with Gasteiger partial charge >= 0.3 is 5.97 Å². The van der Waals surface area contributed by atoms with Crippen LogP contribution in [0.25, 0.3) is 0 Å². The molecule has 4 nitrogen and oxygen atoms in total. The van der Waals surface area contributed by atoms with Crippen LogP contribution in [0, 0.1) is 0 Å². The molecule has 0 saturated carbocycles. The van der Waals surface area contributed by atoms with Crippen molar-refractivity contribution in [3.63, 3.8) is 0 Å². The average molecular weight is 199 g/mol. The first-order valence-corrected chi connectivity index (χ1v) is 5.14. The molecule has 80 valence electrons. The highest BCUT2D eigenvalue weighted by Crippen LogP contribution is 2.08. The first-order valence-electron chi connectivity index (χ1n) is 5.14. The molecule has 1 N–H and O–H groups in total. The van der Waals surface area contributed by atoms with Gasteiger partial charge in [-0.1, -0.05) is 6.42 Å². The highest BCUT2D eigenvalue weighted by molar-refractivity contribution is 5.94. The monoisotopic (exact) mass is 199 g/mol. The number of carboxylic acids is 1. The summed E-state index contributed by atoms with van der Waals surface area (Å²) >= 11 is 0. The maximum absolute atomic E-state index is 11.1. The van der Waals surface area contributed by atoms with Crippen molar-refractivity contribution in [2.75, 3.05) is 19.6 Å². The van der Waals surface area contributed by atoms with E-state index in [4.69, 9.17) is 5.11 Å². The van der Waals surface area contributed by atoms with Gasteiger partial charge in [-0.05, 0) is 25.9 Å².